The van der Waals surface area contributed by atoms with Crippen LogP contribution in [0.1, 0.15) is 5.56 Å². The second-order valence-corrected chi connectivity index (χ2v) is 3.93. The first-order valence-electron chi connectivity index (χ1n) is 4.95. The molecule has 0 saturated carbocycles. The smallest absolute Gasteiger partial charge is 0.143 e. The summed E-state index contributed by atoms with van der Waals surface area (Å²) in [5.41, 5.74) is 1.67. The molecule has 90 valence electrons. The lowest BCUT2D eigenvalue weighted by Gasteiger charge is -2.14. The van der Waals surface area contributed by atoms with E-state index in [1.54, 1.807) is 13.2 Å². The first-order chi connectivity index (χ1) is 7.58. The Hall–Kier alpha value is -0.970. The fourth-order valence-corrected chi connectivity index (χ4v) is 1.42. The summed E-state index contributed by atoms with van der Waals surface area (Å²) in [6.45, 7) is 1.87. The van der Waals surface area contributed by atoms with Crippen molar-refractivity contribution in [2.75, 3.05) is 25.6 Å². The summed E-state index contributed by atoms with van der Waals surface area (Å²) in [6.07, 6.45) is -0.791. The van der Waals surface area contributed by atoms with Crippen LogP contribution >= 0.6 is 11.6 Å². The molecular weight excluding hydrogens is 230 g/mol. The van der Waals surface area contributed by atoms with Crippen LogP contribution in [-0.2, 0) is 0 Å². The molecule has 0 aliphatic carbocycles. The SMILES string of the molecule is COc1cc(Cl)c(C)cc1NCC(O)CO. The van der Waals surface area contributed by atoms with Gasteiger partial charge in [-0.25, -0.2) is 0 Å². The number of aryl methyl sites for hydroxylation is 1. The maximum absolute atomic E-state index is 9.23. The van der Waals surface area contributed by atoms with Crippen LogP contribution in [0, 0.1) is 6.92 Å². The lowest BCUT2D eigenvalue weighted by atomic mass is 10.2. The van der Waals surface area contributed by atoms with Crippen molar-refractivity contribution in [2.45, 2.75) is 13.0 Å². The van der Waals surface area contributed by atoms with Crippen LogP contribution in [0.3, 0.4) is 0 Å². The molecule has 3 N–H and O–H groups in total. The Morgan fingerprint density at radius 3 is 2.75 bits per heavy atom. The number of rotatable bonds is 5. The lowest BCUT2D eigenvalue weighted by molar-refractivity contribution is 0.105. The number of benzene rings is 1. The number of nitrogens with one attached hydrogen (secondary N) is 1. The van der Waals surface area contributed by atoms with E-state index >= 15 is 0 Å². The third-order valence-corrected chi connectivity index (χ3v) is 2.63. The number of hydrogen-bond donors (Lipinski definition) is 3. The van der Waals surface area contributed by atoms with Gasteiger partial charge < -0.3 is 20.3 Å². The first-order valence-corrected chi connectivity index (χ1v) is 5.33. The Morgan fingerprint density at radius 1 is 1.50 bits per heavy atom. The molecule has 0 amide bonds. The van der Waals surface area contributed by atoms with E-state index in [1.807, 2.05) is 13.0 Å². The van der Waals surface area contributed by atoms with Crippen LogP contribution in [0.5, 0.6) is 5.75 Å². The van der Waals surface area contributed by atoms with Gasteiger partial charge in [-0.1, -0.05) is 11.6 Å². The fraction of sp³-hybridized carbons (Fsp3) is 0.455. The Labute approximate surface area is 99.8 Å². The van der Waals surface area contributed by atoms with Crippen LogP contribution in [0.2, 0.25) is 5.02 Å². The minimum atomic E-state index is -0.791. The second kappa shape index (κ2) is 5.94. The molecule has 0 bridgehead atoms. The molecule has 1 rings (SSSR count). The summed E-state index contributed by atoms with van der Waals surface area (Å²) in [5.74, 6) is 0.612. The molecule has 1 aromatic carbocycles. The molecular formula is C11H16ClNO3. The summed E-state index contributed by atoms with van der Waals surface area (Å²) >= 11 is 5.96. The van der Waals surface area contributed by atoms with Crippen molar-refractivity contribution in [3.63, 3.8) is 0 Å². The van der Waals surface area contributed by atoms with Crippen LogP contribution in [-0.4, -0.2) is 36.6 Å². The highest BCUT2D eigenvalue weighted by molar-refractivity contribution is 6.31. The van der Waals surface area contributed by atoms with E-state index < -0.39 is 6.10 Å². The Bertz CT molecular complexity index is 357. The summed E-state index contributed by atoms with van der Waals surface area (Å²) < 4.78 is 5.16. The largest absolute Gasteiger partial charge is 0.495 e. The second-order valence-electron chi connectivity index (χ2n) is 3.52. The van der Waals surface area contributed by atoms with Gasteiger partial charge in [0.05, 0.1) is 25.5 Å². The normalized spacial score (nSPS) is 12.3. The predicted molar refractivity (Wildman–Crippen MR) is 64.3 cm³/mol. The number of halogens is 1. The lowest BCUT2D eigenvalue weighted by Crippen LogP contribution is -2.23. The summed E-state index contributed by atoms with van der Waals surface area (Å²) in [5, 5.41) is 21.5. The summed E-state index contributed by atoms with van der Waals surface area (Å²) in [4.78, 5) is 0. The highest BCUT2D eigenvalue weighted by Gasteiger charge is 2.08. The van der Waals surface area contributed by atoms with Gasteiger partial charge >= 0.3 is 0 Å². The molecule has 0 fully saturated rings. The maximum atomic E-state index is 9.23. The topological polar surface area (TPSA) is 61.7 Å². The molecule has 0 heterocycles. The molecule has 0 aromatic heterocycles. The quantitative estimate of drug-likeness (QED) is 0.734. The minimum Gasteiger partial charge on any atom is -0.495 e. The summed E-state index contributed by atoms with van der Waals surface area (Å²) in [7, 11) is 1.55. The van der Waals surface area contributed by atoms with E-state index in [4.69, 9.17) is 21.4 Å². The number of ether oxygens (including phenoxy) is 1. The average molecular weight is 246 g/mol. The Kier molecular flexibility index (Phi) is 4.86. The van der Waals surface area contributed by atoms with Gasteiger partial charge in [-0.15, -0.1) is 0 Å². The number of anilines is 1. The predicted octanol–water partition coefficient (Wildman–Crippen LogP) is 1.42. The molecule has 5 heteroatoms. The zero-order chi connectivity index (χ0) is 12.1. The van der Waals surface area contributed by atoms with E-state index in [9.17, 15) is 5.11 Å². The maximum Gasteiger partial charge on any atom is 0.143 e. The number of aliphatic hydroxyl groups is 2. The first kappa shape index (κ1) is 13.1. The van der Waals surface area contributed by atoms with E-state index in [0.29, 0.717) is 10.8 Å². The minimum absolute atomic E-state index is 0.258. The molecule has 1 atom stereocenters. The average Bonchev–Trinajstić information content (AvgIpc) is 2.29. The molecule has 1 aromatic rings. The van der Waals surface area contributed by atoms with Crippen molar-refractivity contribution < 1.29 is 14.9 Å². The monoisotopic (exact) mass is 245 g/mol. The van der Waals surface area contributed by atoms with Crippen molar-refractivity contribution >= 4 is 17.3 Å². The van der Waals surface area contributed by atoms with Crippen LogP contribution in [0.15, 0.2) is 12.1 Å². The molecule has 0 aliphatic rings. The van der Waals surface area contributed by atoms with Crippen molar-refractivity contribution in [3.05, 3.63) is 22.7 Å². The van der Waals surface area contributed by atoms with Crippen LogP contribution in [0.4, 0.5) is 5.69 Å². The number of aliphatic hydroxyl groups excluding tert-OH is 2. The standard InChI is InChI=1S/C11H16ClNO3/c1-7-3-10(13-5-8(15)6-14)11(16-2)4-9(7)12/h3-4,8,13-15H,5-6H2,1-2H3. The molecule has 0 spiro atoms. The van der Waals surface area contributed by atoms with Gasteiger partial charge in [0.25, 0.3) is 0 Å². The van der Waals surface area contributed by atoms with E-state index in [0.717, 1.165) is 11.3 Å². The van der Waals surface area contributed by atoms with Gasteiger partial charge in [-0.3, -0.25) is 0 Å². The van der Waals surface area contributed by atoms with E-state index in [-0.39, 0.29) is 13.2 Å². The van der Waals surface area contributed by atoms with Gasteiger partial charge in [0, 0.05) is 17.6 Å². The summed E-state index contributed by atoms with van der Waals surface area (Å²) in [6, 6.07) is 3.55. The highest BCUT2D eigenvalue weighted by Crippen LogP contribution is 2.30. The molecule has 1 unspecified atom stereocenters. The molecule has 0 radical (unpaired) electrons. The van der Waals surface area contributed by atoms with Crippen molar-refractivity contribution in [2.24, 2.45) is 0 Å². The number of hydrogen-bond acceptors (Lipinski definition) is 4. The van der Waals surface area contributed by atoms with Crippen molar-refractivity contribution in [1.82, 2.24) is 0 Å². The third kappa shape index (κ3) is 3.27. The van der Waals surface area contributed by atoms with Gasteiger partial charge in [0.2, 0.25) is 0 Å². The molecule has 0 aliphatic heterocycles. The molecule has 0 saturated heterocycles. The molecule has 4 nitrogen and oxygen atoms in total. The zero-order valence-corrected chi connectivity index (χ0v) is 10.1. The van der Waals surface area contributed by atoms with Crippen molar-refractivity contribution in [3.8, 4) is 5.75 Å². The van der Waals surface area contributed by atoms with Crippen LogP contribution in [0.25, 0.3) is 0 Å². The van der Waals surface area contributed by atoms with E-state index in [2.05, 4.69) is 5.32 Å². The van der Waals surface area contributed by atoms with E-state index in [1.165, 1.54) is 0 Å². The highest BCUT2D eigenvalue weighted by atomic mass is 35.5. The fourth-order valence-electron chi connectivity index (χ4n) is 1.26. The van der Waals surface area contributed by atoms with Gasteiger partial charge in [0.1, 0.15) is 5.75 Å². The van der Waals surface area contributed by atoms with Gasteiger partial charge in [-0.05, 0) is 18.6 Å². The Morgan fingerprint density at radius 2 is 2.19 bits per heavy atom. The zero-order valence-electron chi connectivity index (χ0n) is 9.33. The van der Waals surface area contributed by atoms with Gasteiger partial charge in [-0.2, -0.15) is 0 Å². The Balaban J connectivity index is 2.81. The van der Waals surface area contributed by atoms with Gasteiger partial charge in [0.15, 0.2) is 0 Å². The van der Waals surface area contributed by atoms with Crippen LogP contribution < -0.4 is 10.1 Å². The third-order valence-electron chi connectivity index (χ3n) is 2.22. The molecule has 16 heavy (non-hydrogen) atoms. The number of methoxy groups -OCH3 is 1. The van der Waals surface area contributed by atoms with Crippen molar-refractivity contribution in [1.29, 1.82) is 0 Å².